The Morgan fingerprint density at radius 3 is 2.69 bits per heavy atom. The maximum atomic E-state index is 14.9. The lowest BCUT2D eigenvalue weighted by Gasteiger charge is -2.35. The van der Waals surface area contributed by atoms with Gasteiger partial charge in [0.25, 0.3) is 5.91 Å². The van der Waals surface area contributed by atoms with Gasteiger partial charge in [-0.05, 0) is 37.3 Å². The second kappa shape index (κ2) is 9.49. The van der Waals surface area contributed by atoms with E-state index in [9.17, 15) is 9.18 Å². The van der Waals surface area contributed by atoms with E-state index in [1.807, 2.05) is 11.9 Å². The van der Waals surface area contributed by atoms with Crippen molar-refractivity contribution in [3.63, 3.8) is 0 Å². The first kappa shape index (κ1) is 23.6. The lowest BCUT2D eigenvalue weighted by atomic mass is 10.2. The van der Waals surface area contributed by atoms with Crippen molar-refractivity contribution in [1.82, 2.24) is 15.3 Å². The van der Waals surface area contributed by atoms with E-state index in [-0.39, 0.29) is 24.3 Å². The summed E-state index contributed by atoms with van der Waals surface area (Å²) in [6.45, 7) is 4.60. The number of amides is 1. The zero-order valence-corrected chi connectivity index (χ0v) is 20.7. The van der Waals surface area contributed by atoms with Crippen molar-refractivity contribution in [2.75, 3.05) is 53.4 Å². The van der Waals surface area contributed by atoms with Crippen molar-refractivity contribution in [3.8, 4) is 0 Å². The molecule has 8 nitrogen and oxygen atoms in total. The number of nitrogens with zero attached hydrogens (tertiary/aromatic N) is 5. The van der Waals surface area contributed by atoms with Crippen molar-refractivity contribution in [1.29, 1.82) is 0 Å². The third kappa shape index (κ3) is 4.59. The number of hydrogen-bond acceptors (Lipinski definition) is 7. The molecule has 182 valence electrons. The van der Waals surface area contributed by atoms with Crippen LogP contribution in [0.15, 0.2) is 42.6 Å². The molecular weight excluding hydrogens is 492 g/mol. The van der Waals surface area contributed by atoms with Crippen molar-refractivity contribution in [2.24, 2.45) is 0 Å². The Balaban J connectivity index is 1.37. The van der Waals surface area contributed by atoms with Gasteiger partial charge in [-0.15, -0.1) is 0 Å². The predicted molar refractivity (Wildman–Crippen MR) is 138 cm³/mol. The lowest BCUT2D eigenvalue weighted by Crippen LogP contribution is -2.49. The number of rotatable bonds is 4. The van der Waals surface area contributed by atoms with E-state index >= 15 is 0 Å². The predicted octanol–water partition coefficient (Wildman–Crippen LogP) is 4.52. The molecule has 35 heavy (non-hydrogen) atoms. The van der Waals surface area contributed by atoms with E-state index in [1.54, 1.807) is 35.2 Å². The van der Waals surface area contributed by atoms with Crippen LogP contribution < -0.4 is 25.3 Å². The van der Waals surface area contributed by atoms with Gasteiger partial charge in [-0.3, -0.25) is 9.69 Å². The second-order valence-corrected chi connectivity index (χ2v) is 9.48. The highest BCUT2D eigenvalue weighted by Gasteiger charge is 2.32. The van der Waals surface area contributed by atoms with Crippen LogP contribution in [0.3, 0.4) is 0 Å². The minimum atomic E-state index is -0.318. The molecule has 0 spiro atoms. The van der Waals surface area contributed by atoms with E-state index in [1.165, 1.54) is 17.2 Å². The summed E-state index contributed by atoms with van der Waals surface area (Å²) in [4.78, 5) is 27.4. The minimum absolute atomic E-state index is 0.207. The fourth-order valence-electron chi connectivity index (χ4n) is 4.40. The number of fused-ring (bicyclic) bond motifs is 1. The van der Waals surface area contributed by atoms with Crippen LogP contribution in [0.2, 0.25) is 10.0 Å². The maximum Gasteiger partial charge on any atom is 0.265 e. The van der Waals surface area contributed by atoms with E-state index in [0.717, 1.165) is 19.6 Å². The van der Waals surface area contributed by atoms with Gasteiger partial charge in [0.05, 0.1) is 28.1 Å². The van der Waals surface area contributed by atoms with Crippen LogP contribution in [0, 0.1) is 5.82 Å². The fourth-order valence-corrected chi connectivity index (χ4v) is 5.01. The number of hydrogen-bond donors (Lipinski definition) is 2. The quantitative estimate of drug-likeness (QED) is 0.528. The molecule has 0 aliphatic carbocycles. The Morgan fingerprint density at radius 2 is 1.97 bits per heavy atom. The summed E-state index contributed by atoms with van der Waals surface area (Å²) in [5, 5.41) is 7.16. The van der Waals surface area contributed by atoms with Crippen LogP contribution in [0.5, 0.6) is 0 Å². The first-order valence-electron chi connectivity index (χ1n) is 11.2. The number of nitrogens with one attached hydrogen (secondary N) is 2. The van der Waals surface area contributed by atoms with Crippen molar-refractivity contribution >= 4 is 57.9 Å². The van der Waals surface area contributed by atoms with Crippen LogP contribution >= 0.6 is 23.2 Å². The number of benzene rings is 2. The molecule has 2 aliphatic rings. The van der Waals surface area contributed by atoms with Gasteiger partial charge in [0, 0.05) is 44.6 Å². The van der Waals surface area contributed by atoms with Gasteiger partial charge in [-0.1, -0.05) is 29.3 Å². The molecule has 3 heterocycles. The minimum Gasteiger partial charge on any atom is -0.366 e. The molecule has 1 saturated heterocycles. The molecule has 5 rings (SSSR count). The number of halogens is 3. The first-order valence-corrected chi connectivity index (χ1v) is 12.0. The molecule has 0 unspecified atom stereocenters. The largest absolute Gasteiger partial charge is 0.366 e. The monoisotopic (exact) mass is 515 g/mol. The fraction of sp³-hybridized carbons (Fsp3) is 0.292. The zero-order chi connectivity index (χ0) is 24.7. The lowest BCUT2D eigenvalue weighted by molar-refractivity contribution is 0.0982. The highest BCUT2D eigenvalue weighted by molar-refractivity contribution is 6.40. The Morgan fingerprint density at radius 1 is 1.20 bits per heavy atom. The molecule has 1 fully saturated rings. The van der Waals surface area contributed by atoms with Crippen molar-refractivity contribution in [2.45, 2.75) is 13.0 Å². The van der Waals surface area contributed by atoms with Gasteiger partial charge < -0.3 is 20.4 Å². The highest BCUT2D eigenvalue weighted by atomic mass is 35.5. The summed E-state index contributed by atoms with van der Waals surface area (Å²) in [6, 6.07) is 10.4. The normalized spacial score (nSPS) is 18.0. The first-order chi connectivity index (χ1) is 16.8. The number of anilines is 5. The van der Waals surface area contributed by atoms with Gasteiger partial charge in [0.2, 0.25) is 5.95 Å². The summed E-state index contributed by atoms with van der Waals surface area (Å²) >= 11 is 12.6. The van der Waals surface area contributed by atoms with Crippen molar-refractivity contribution in [3.05, 3.63) is 64.0 Å². The Hall–Kier alpha value is -3.14. The molecule has 11 heteroatoms. The maximum absolute atomic E-state index is 14.9. The number of piperazine rings is 1. The number of para-hydroxylation sites is 1. The Bertz CT molecular complexity index is 1270. The van der Waals surface area contributed by atoms with Gasteiger partial charge in [-0.25, -0.2) is 9.37 Å². The van der Waals surface area contributed by atoms with Crippen molar-refractivity contribution < 1.29 is 9.18 Å². The zero-order valence-electron chi connectivity index (χ0n) is 19.2. The van der Waals surface area contributed by atoms with Gasteiger partial charge >= 0.3 is 0 Å². The summed E-state index contributed by atoms with van der Waals surface area (Å²) < 4.78 is 14.9. The molecule has 2 aromatic carbocycles. The van der Waals surface area contributed by atoms with E-state index < -0.39 is 0 Å². The Kier molecular flexibility index (Phi) is 6.39. The third-order valence-electron chi connectivity index (χ3n) is 6.08. The molecule has 2 N–H and O–H groups in total. The van der Waals surface area contributed by atoms with Crippen LogP contribution in [0.1, 0.15) is 17.3 Å². The van der Waals surface area contributed by atoms with Crippen LogP contribution in [0.25, 0.3) is 0 Å². The molecule has 0 bridgehead atoms. The molecular formula is C24H24Cl2FN7O. The van der Waals surface area contributed by atoms with E-state index in [0.29, 0.717) is 44.5 Å². The van der Waals surface area contributed by atoms with Crippen LogP contribution in [-0.4, -0.2) is 55.3 Å². The van der Waals surface area contributed by atoms with Crippen LogP contribution in [0.4, 0.5) is 33.2 Å². The van der Waals surface area contributed by atoms with Crippen LogP contribution in [-0.2, 0) is 0 Å². The number of carbonyl (C=O) groups is 1. The van der Waals surface area contributed by atoms with Gasteiger partial charge in [0.15, 0.2) is 0 Å². The SMILES string of the molecule is C[C@@H]1CN(c2ccc(Nc3ncc4c(n3)N(C)CN(c3c(Cl)cccc3Cl)C4=O)cc2F)CCN1. The molecule has 0 saturated carbocycles. The molecule has 0 radical (unpaired) electrons. The molecule has 1 atom stereocenters. The molecule has 1 aromatic heterocycles. The van der Waals surface area contributed by atoms with Gasteiger partial charge in [0.1, 0.15) is 17.2 Å². The summed E-state index contributed by atoms with van der Waals surface area (Å²) in [5.41, 5.74) is 1.84. The number of carbonyl (C=O) groups excluding carboxylic acids is 1. The molecule has 1 amide bonds. The molecule has 2 aliphatic heterocycles. The average Bonchev–Trinajstić information content (AvgIpc) is 2.82. The summed E-state index contributed by atoms with van der Waals surface area (Å²) in [7, 11) is 1.81. The van der Waals surface area contributed by atoms with E-state index in [2.05, 4.69) is 27.5 Å². The second-order valence-electron chi connectivity index (χ2n) is 8.67. The smallest absolute Gasteiger partial charge is 0.265 e. The third-order valence-corrected chi connectivity index (χ3v) is 6.69. The Labute approximate surface area is 212 Å². The highest BCUT2D eigenvalue weighted by Crippen LogP contribution is 2.37. The number of aromatic nitrogens is 2. The summed E-state index contributed by atoms with van der Waals surface area (Å²) in [6.07, 6.45) is 1.45. The van der Waals surface area contributed by atoms with E-state index in [4.69, 9.17) is 23.2 Å². The summed E-state index contributed by atoms with van der Waals surface area (Å²) in [5.74, 6) is 0.0938. The molecule has 3 aromatic rings. The topological polar surface area (TPSA) is 76.6 Å². The standard InChI is InChI=1S/C24H24Cl2FN7O/c1-14-12-33(9-8-28-14)20-7-6-15(10-19(20)27)30-24-29-11-16-22(31-24)32(2)13-34(23(16)35)21-17(25)4-3-5-18(21)26/h3-7,10-11,14,28H,8-9,12-13H2,1-2H3,(H,29,30,31)/t14-/m1/s1. The average molecular weight is 516 g/mol. The van der Waals surface area contributed by atoms with Gasteiger partial charge in [-0.2, -0.15) is 4.98 Å².